The Labute approximate surface area is 258 Å². The van der Waals surface area contributed by atoms with Crippen molar-refractivity contribution in [1.82, 2.24) is 25.2 Å². The van der Waals surface area contributed by atoms with Crippen molar-refractivity contribution in [3.05, 3.63) is 59.2 Å². The number of benzene rings is 1. The fraction of sp³-hybridized carbons (Fsp3) is 0.321. The number of piperazine rings is 1. The minimum absolute atomic E-state index is 0.221. The summed E-state index contributed by atoms with van der Waals surface area (Å²) in [6.45, 7) is 8.06. The zero-order chi connectivity index (χ0) is 31.1. The van der Waals surface area contributed by atoms with E-state index in [1.165, 1.54) is 13.3 Å². The van der Waals surface area contributed by atoms with Gasteiger partial charge < -0.3 is 30.5 Å². The molecular formula is C28H32Cl2FN9O3. The first-order valence-corrected chi connectivity index (χ1v) is 14.1. The molecule has 2 aliphatic rings. The molecule has 2 amide bonds. The van der Waals surface area contributed by atoms with E-state index in [9.17, 15) is 14.0 Å². The van der Waals surface area contributed by atoms with E-state index in [1.807, 2.05) is 32.2 Å². The van der Waals surface area contributed by atoms with Gasteiger partial charge in [-0.2, -0.15) is 5.10 Å². The Kier molecular flexibility index (Phi) is 10.6. The monoisotopic (exact) mass is 631 g/mol. The molecule has 3 N–H and O–H groups in total. The number of carbonyl (C=O) groups is 2. The van der Waals surface area contributed by atoms with Crippen molar-refractivity contribution in [3.8, 4) is 5.75 Å². The van der Waals surface area contributed by atoms with Crippen molar-refractivity contribution in [2.45, 2.75) is 12.6 Å². The van der Waals surface area contributed by atoms with Crippen LogP contribution in [0, 0.1) is 0 Å². The summed E-state index contributed by atoms with van der Waals surface area (Å²) in [5.74, 6) is -0.973. The van der Waals surface area contributed by atoms with Crippen LogP contribution in [0.2, 0.25) is 5.02 Å². The second-order valence-corrected chi connectivity index (χ2v) is 10.4. The highest BCUT2D eigenvalue weighted by Gasteiger charge is 2.23. The first-order valence-electron chi connectivity index (χ1n) is 13.2. The Morgan fingerprint density at radius 3 is 2.63 bits per heavy atom. The van der Waals surface area contributed by atoms with Gasteiger partial charge in [-0.3, -0.25) is 9.59 Å². The predicted molar refractivity (Wildman–Crippen MR) is 168 cm³/mol. The zero-order valence-electron chi connectivity index (χ0n) is 23.9. The smallest absolute Gasteiger partial charge is 0.270 e. The number of amides is 2. The molecule has 0 bridgehead atoms. The lowest BCUT2D eigenvalue weighted by Crippen LogP contribution is -2.45. The number of halogens is 3. The summed E-state index contributed by atoms with van der Waals surface area (Å²) in [7, 11) is 3.57. The topological polar surface area (TPSA) is 127 Å². The van der Waals surface area contributed by atoms with Crippen molar-refractivity contribution in [1.29, 1.82) is 0 Å². The van der Waals surface area contributed by atoms with Gasteiger partial charge >= 0.3 is 0 Å². The second-order valence-electron chi connectivity index (χ2n) is 9.64. The van der Waals surface area contributed by atoms with Crippen LogP contribution >= 0.6 is 23.2 Å². The van der Waals surface area contributed by atoms with Crippen molar-refractivity contribution in [2.24, 2.45) is 5.10 Å². The van der Waals surface area contributed by atoms with Crippen molar-refractivity contribution >= 4 is 70.3 Å². The number of aromatic nitrogens is 2. The van der Waals surface area contributed by atoms with E-state index in [-0.39, 0.29) is 5.95 Å². The fourth-order valence-corrected chi connectivity index (χ4v) is 4.78. The van der Waals surface area contributed by atoms with Crippen LogP contribution in [0.5, 0.6) is 5.75 Å². The van der Waals surface area contributed by atoms with E-state index >= 15 is 0 Å². The molecule has 12 nitrogen and oxygen atoms in total. The Balaban J connectivity index is 1.68. The van der Waals surface area contributed by atoms with Crippen molar-refractivity contribution < 1.29 is 18.7 Å². The summed E-state index contributed by atoms with van der Waals surface area (Å²) < 4.78 is 18.8. The van der Waals surface area contributed by atoms with E-state index < -0.39 is 24.0 Å². The number of anilines is 4. The molecule has 0 radical (unpaired) electrons. The average Bonchev–Trinajstić information content (AvgIpc) is 3.01. The van der Waals surface area contributed by atoms with E-state index in [0.717, 1.165) is 24.4 Å². The molecule has 2 aromatic rings. The van der Waals surface area contributed by atoms with Crippen LogP contribution in [0.1, 0.15) is 12.6 Å². The van der Waals surface area contributed by atoms with Crippen molar-refractivity contribution in [3.63, 3.8) is 0 Å². The van der Waals surface area contributed by atoms with Crippen LogP contribution in [-0.2, 0) is 9.59 Å². The Hall–Kier alpha value is -4.20. The molecule has 43 heavy (non-hydrogen) atoms. The number of ether oxygens (including phenoxy) is 1. The molecule has 0 aliphatic carbocycles. The van der Waals surface area contributed by atoms with Gasteiger partial charge in [0.25, 0.3) is 11.5 Å². The summed E-state index contributed by atoms with van der Waals surface area (Å²) >= 11 is 11.7. The molecule has 1 aromatic carbocycles. The molecule has 1 fully saturated rings. The van der Waals surface area contributed by atoms with Gasteiger partial charge in [0, 0.05) is 50.7 Å². The minimum Gasteiger partial charge on any atom is -0.494 e. The third-order valence-electron chi connectivity index (χ3n) is 6.78. The third-order valence-corrected chi connectivity index (χ3v) is 7.25. The molecule has 2 aliphatic heterocycles. The lowest BCUT2D eigenvalue weighted by Gasteiger charge is -2.35. The summed E-state index contributed by atoms with van der Waals surface area (Å²) in [6.07, 6.45) is 8.82. The summed E-state index contributed by atoms with van der Waals surface area (Å²) in [5.41, 5.74) is 1.31. The van der Waals surface area contributed by atoms with Crippen LogP contribution in [0.15, 0.2) is 53.6 Å². The largest absolute Gasteiger partial charge is 0.494 e. The number of nitrogens with zero attached hydrogens (tertiary/aromatic N) is 6. The number of nitrogens with one attached hydrogen (secondary N) is 3. The molecule has 228 valence electrons. The number of likely N-dealkylation sites (N-methyl/N-ethyl adjacent to an activating group) is 1. The first kappa shape index (κ1) is 31.7. The summed E-state index contributed by atoms with van der Waals surface area (Å²) in [6, 6.07) is 3.49. The Morgan fingerprint density at radius 2 is 1.95 bits per heavy atom. The quantitative estimate of drug-likeness (QED) is 0.264. The van der Waals surface area contributed by atoms with E-state index in [1.54, 1.807) is 23.3 Å². The van der Waals surface area contributed by atoms with Gasteiger partial charge in [0.2, 0.25) is 11.9 Å². The molecule has 0 spiro atoms. The van der Waals surface area contributed by atoms with Gasteiger partial charge in [0.1, 0.15) is 5.75 Å². The Morgan fingerprint density at radius 1 is 1.21 bits per heavy atom. The number of carbonyl (C=O) groups excluding carboxylic acids is 2. The first-order chi connectivity index (χ1) is 20.6. The maximum atomic E-state index is 13.1. The van der Waals surface area contributed by atoms with Gasteiger partial charge in [0.05, 0.1) is 53.3 Å². The van der Waals surface area contributed by atoms with E-state index in [2.05, 4.69) is 47.5 Å². The minimum atomic E-state index is -2.25. The van der Waals surface area contributed by atoms with Crippen LogP contribution in [0.25, 0.3) is 5.57 Å². The molecule has 15 heteroatoms. The number of rotatable bonds is 10. The van der Waals surface area contributed by atoms with Crippen molar-refractivity contribution in [2.75, 3.05) is 62.4 Å². The molecule has 1 aromatic heterocycles. The molecular weight excluding hydrogens is 600 g/mol. The summed E-state index contributed by atoms with van der Waals surface area (Å²) in [5, 5.41) is 14.1. The fourth-order valence-electron chi connectivity index (χ4n) is 4.47. The summed E-state index contributed by atoms with van der Waals surface area (Å²) in [4.78, 5) is 37.6. The lowest BCUT2D eigenvalue weighted by molar-refractivity contribution is -0.125. The van der Waals surface area contributed by atoms with Gasteiger partial charge in [0.15, 0.2) is 0 Å². The van der Waals surface area contributed by atoms with Gasteiger partial charge in [-0.15, -0.1) is 0 Å². The van der Waals surface area contributed by atoms with Crippen LogP contribution in [-0.4, -0.2) is 90.9 Å². The average molecular weight is 633 g/mol. The number of methoxy groups -OCH3 is 1. The number of allylic oxidation sites excluding steroid dienone is 4. The highest BCUT2D eigenvalue weighted by Crippen LogP contribution is 2.39. The number of hydrazone groups is 1. The van der Waals surface area contributed by atoms with Crippen LogP contribution in [0.4, 0.5) is 27.4 Å². The molecule has 1 saturated heterocycles. The highest BCUT2D eigenvalue weighted by atomic mass is 35.5. The highest BCUT2D eigenvalue weighted by molar-refractivity contribution is 6.32. The number of alkyl halides is 2. The maximum Gasteiger partial charge on any atom is 0.270 e. The van der Waals surface area contributed by atoms with Gasteiger partial charge in [-0.25, -0.2) is 19.4 Å². The second kappa shape index (κ2) is 14.3. The molecule has 4 rings (SSSR count). The number of hydrogen-bond donors (Lipinski definition) is 3. The normalized spacial score (nSPS) is 16.9. The molecule has 1 atom stereocenters. The molecule has 1 unspecified atom stereocenters. The molecule has 0 saturated carbocycles. The standard InChI is InChI=1S/C28H32Cl2FN9O3/c1-17(21-7-5-6-8-40(21)32-2)25-18(29)15-34-28(37-25)36-20-13-19(35-24(41)16-33-27(42)26(30)31)22(14-23(20)43-4)39-11-9-38(3)10-12-39/h5-8,13-15,26H,2,9-12,16H2,1,3-4H3,(H,33,42)(H,35,41)(H,34,36,37)/b21-17+. The van der Waals surface area contributed by atoms with E-state index in [4.69, 9.17) is 27.9 Å². The van der Waals surface area contributed by atoms with Gasteiger partial charge in [-0.05, 0) is 32.2 Å². The van der Waals surface area contributed by atoms with Gasteiger partial charge in [-0.1, -0.05) is 29.3 Å². The predicted octanol–water partition coefficient (Wildman–Crippen LogP) is 3.96. The number of hydrogen-bond acceptors (Lipinski definition) is 10. The Bertz CT molecular complexity index is 1470. The van der Waals surface area contributed by atoms with E-state index in [0.29, 0.717) is 46.6 Å². The molecule has 3 heterocycles. The lowest BCUT2D eigenvalue weighted by atomic mass is 10.1. The SMILES string of the molecule is C=NN1C=CC=C/C1=C(/C)c1nc(Nc2cc(NC(=O)CNC(=O)C(F)Cl)c(N3CCN(C)CC3)cc2OC)ncc1Cl. The zero-order valence-corrected chi connectivity index (χ0v) is 25.4. The van der Waals surface area contributed by atoms with Crippen LogP contribution < -0.4 is 25.6 Å². The van der Waals surface area contributed by atoms with Crippen LogP contribution in [0.3, 0.4) is 0 Å². The third kappa shape index (κ3) is 7.80. The maximum absolute atomic E-state index is 13.1.